The Morgan fingerprint density at radius 1 is 1.25 bits per heavy atom. The quantitative estimate of drug-likeness (QED) is 0.782. The van der Waals surface area contributed by atoms with Crippen LogP contribution in [0.3, 0.4) is 0 Å². The molecule has 0 spiro atoms. The van der Waals surface area contributed by atoms with Gasteiger partial charge < -0.3 is 4.74 Å². The van der Waals surface area contributed by atoms with Crippen molar-refractivity contribution in [3.8, 4) is 11.9 Å². The van der Waals surface area contributed by atoms with Crippen LogP contribution >= 0.6 is 0 Å². The summed E-state index contributed by atoms with van der Waals surface area (Å²) in [5, 5.41) is 8.93. The predicted molar refractivity (Wildman–Crippen MR) is 68.2 cm³/mol. The number of alkyl halides is 3. The Morgan fingerprint density at radius 2 is 1.85 bits per heavy atom. The van der Waals surface area contributed by atoms with E-state index in [9.17, 15) is 13.2 Å². The van der Waals surface area contributed by atoms with Gasteiger partial charge in [-0.15, -0.1) is 0 Å². The van der Waals surface area contributed by atoms with Crippen molar-refractivity contribution in [2.45, 2.75) is 51.8 Å². The van der Waals surface area contributed by atoms with Gasteiger partial charge in [0.15, 0.2) is 0 Å². The normalized spacial score (nSPS) is 11.4. The minimum Gasteiger partial charge on any atom is -0.473 e. The van der Waals surface area contributed by atoms with E-state index in [1.54, 1.807) is 0 Å². The van der Waals surface area contributed by atoms with Gasteiger partial charge in [0.1, 0.15) is 23.4 Å². The molecule has 0 saturated carbocycles. The lowest BCUT2D eigenvalue weighted by atomic mass is 10.1. The Labute approximate surface area is 116 Å². The molecule has 0 radical (unpaired) electrons. The lowest BCUT2D eigenvalue weighted by Gasteiger charge is -2.18. The molecule has 0 aliphatic carbocycles. The van der Waals surface area contributed by atoms with Crippen molar-refractivity contribution in [3.63, 3.8) is 0 Å². The number of ether oxygens (including phenoxy) is 1. The molecule has 1 aromatic heterocycles. The topological polar surface area (TPSA) is 45.9 Å². The molecule has 0 aromatic carbocycles. The molecule has 0 atom stereocenters. The summed E-state index contributed by atoms with van der Waals surface area (Å²) in [6, 6.07) is 3.70. The van der Waals surface area contributed by atoms with Crippen LogP contribution in [0.2, 0.25) is 0 Å². The summed E-state index contributed by atoms with van der Waals surface area (Å²) in [6.45, 7) is 3.94. The first-order valence-electron chi connectivity index (χ1n) is 6.57. The molecule has 3 nitrogen and oxygen atoms in total. The third-order valence-electron chi connectivity index (χ3n) is 2.77. The number of aromatic nitrogens is 1. The lowest BCUT2D eigenvalue weighted by molar-refractivity contribution is -0.141. The van der Waals surface area contributed by atoms with Crippen LogP contribution in [-0.2, 0) is 6.18 Å². The molecule has 1 heterocycles. The molecule has 20 heavy (non-hydrogen) atoms. The van der Waals surface area contributed by atoms with Crippen LogP contribution in [-0.4, -0.2) is 11.1 Å². The van der Waals surface area contributed by atoms with E-state index in [1.807, 2.05) is 19.9 Å². The highest BCUT2D eigenvalue weighted by atomic mass is 19.4. The Balaban J connectivity index is 3.04. The number of rotatable bonds is 6. The van der Waals surface area contributed by atoms with Crippen molar-refractivity contribution in [2.24, 2.45) is 0 Å². The second-order valence-corrected chi connectivity index (χ2v) is 4.48. The molecule has 110 valence electrons. The van der Waals surface area contributed by atoms with Crippen molar-refractivity contribution < 1.29 is 17.9 Å². The molecule has 0 N–H and O–H groups in total. The summed E-state index contributed by atoms with van der Waals surface area (Å²) in [4.78, 5) is 3.45. The summed E-state index contributed by atoms with van der Waals surface area (Å²) in [5.74, 6) is -0.228. The third-order valence-corrected chi connectivity index (χ3v) is 2.77. The smallest absolute Gasteiger partial charge is 0.433 e. The molecule has 0 aliphatic heterocycles. The molecule has 1 aromatic rings. The Bertz CT molecular complexity index is 474. The zero-order valence-electron chi connectivity index (χ0n) is 11.5. The molecule has 0 fully saturated rings. The van der Waals surface area contributed by atoms with E-state index in [-0.39, 0.29) is 17.5 Å². The third kappa shape index (κ3) is 4.41. The van der Waals surface area contributed by atoms with E-state index in [0.29, 0.717) is 0 Å². The SMILES string of the molecule is CCCC(CCC)Oc1nc(C(F)(F)F)ccc1C#N. The fourth-order valence-electron chi connectivity index (χ4n) is 1.84. The van der Waals surface area contributed by atoms with Crippen LogP contribution in [0.5, 0.6) is 5.88 Å². The minimum absolute atomic E-state index is 0.0233. The van der Waals surface area contributed by atoms with Gasteiger partial charge in [-0.1, -0.05) is 26.7 Å². The Morgan fingerprint density at radius 3 is 2.30 bits per heavy atom. The maximum atomic E-state index is 12.6. The van der Waals surface area contributed by atoms with Crippen LogP contribution < -0.4 is 4.74 Å². The number of pyridine rings is 1. The van der Waals surface area contributed by atoms with Gasteiger partial charge in [-0.25, -0.2) is 4.98 Å². The van der Waals surface area contributed by atoms with E-state index in [1.165, 1.54) is 0 Å². The summed E-state index contributed by atoms with van der Waals surface area (Å²) < 4.78 is 43.4. The van der Waals surface area contributed by atoms with Gasteiger partial charge in [-0.3, -0.25) is 0 Å². The van der Waals surface area contributed by atoms with Gasteiger partial charge in [-0.05, 0) is 25.0 Å². The van der Waals surface area contributed by atoms with Crippen molar-refractivity contribution in [1.82, 2.24) is 4.98 Å². The zero-order valence-corrected chi connectivity index (χ0v) is 11.5. The summed E-state index contributed by atoms with van der Waals surface area (Å²) in [6.07, 6.45) is -1.62. The second kappa shape index (κ2) is 7.13. The fourth-order valence-corrected chi connectivity index (χ4v) is 1.84. The summed E-state index contributed by atoms with van der Waals surface area (Å²) >= 11 is 0. The summed E-state index contributed by atoms with van der Waals surface area (Å²) in [7, 11) is 0. The monoisotopic (exact) mass is 286 g/mol. The van der Waals surface area contributed by atoms with Crippen LogP contribution in [0.25, 0.3) is 0 Å². The van der Waals surface area contributed by atoms with Crippen molar-refractivity contribution in [3.05, 3.63) is 23.4 Å². The highest BCUT2D eigenvalue weighted by Crippen LogP contribution is 2.30. The van der Waals surface area contributed by atoms with Gasteiger partial charge >= 0.3 is 6.18 Å². The molecular formula is C14H17F3N2O. The molecule has 0 aliphatic rings. The molecule has 1 rings (SSSR count). The van der Waals surface area contributed by atoms with Gasteiger partial charge in [0.2, 0.25) is 5.88 Å². The standard InChI is InChI=1S/C14H17F3N2O/c1-3-5-11(6-4-2)20-13-10(9-18)7-8-12(19-13)14(15,16)17/h7-8,11H,3-6H2,1-2H3. The number of nitrogens with zero attached hydrogens (tertiary/aromatic N) is 2. The predicted octanol–water partition coefficient (Wildman–Crippen LogP) is 4.32. The maximum Gasteiger partial charge on any atom is 0.433 e. The average Bonchev–Trinajstić information content (AvgIpc) is 2.38. The van der Waals surface area contributed by atoms with Crippen molar-refractivity contribution in [2.75, 3.05) is 0 Å². The van der Waals surface area contributed by atoms with E-state index in [0.717, 1.165) is 37.8 Å². The molecule has 6 heteroatoms. The first-order valence-corrected chi connectivity index (χ1v) is 6.57. The first kappa shape index (κ1) is 16.3. The van der Waals surface area contributed by atoms with E-state index < -0.39 is 11.9 Å². The van der Waals surface area contributed by atoms with Crippen LogP contribution in [0, 0.1) is 11.3 Å². The number of hydrogen-bond acceptors (Lipinski definition) is 3. The van der Waals surface area contributed by atoms with Crippen LogP contribution in [0.1, 0.15) is 50.8 Å². The Hall–Kier alpha value is -1.77. The van der Waals surface area contributed by atoms with Crippen LogP contribution in [0.4, 0.5) is 13.2 Å². The molecular weight excluding hydrogens is 269 g/mol. The lowest BCUT2D eigenvalue weighted by Crippen LogP contribution is -2.18. The molecule has 0 amide bonds. The average molecular weight is 286 g/mol. The number of halogens is 3. The van der Waals surface area contributed by atoms with Gasteiger partial charge in [0.25, 0.3) is 0 Å². The maximum absolute atomic E-state index is 12.6. The van der Waals surface area contributed by atoms with E-state index in [4.69, 9.17) is 10.00 Å². The number of nitriles is 1. The van der Waals surface area contributed by atoms with Gasteiger partial charge in [-0.2, -0.15) is 18.4 Å². The first-order chi connectivity index (χ1) is 9.42. The van der Waals surface area contributed by atoms with Gasteiger partial charge in [0, 0.05) is 0 Å². The number of hydrogen-bond donors (Lipinski definition) is 0. The molecule has 0 bridgehead atoms. The van der Waals surface area contributed by atoms with Gasteiger partial charge in [0.05, 0.1) is 0 Å². The summed E-state index contributed by atoms with van der Waals surface area (Å²) in [5.41, 5.74) is -1.02. The zero-order chi connectivity index (χ0) is 15.2. The fraction of sp³-hybridized carbons (Fsp3) is 0.571. The van der Waals surface area contributed by atoms with Crippen molar-refractivity contribution >= 4 is 0 Å². The molecule has 0 saturated heterocycles. The molecule has 0 unspecified atom stereocenters. The van der Waals surface area contributed by atoms with Crippen LogP contribution in [0.15, 0.2) is 12.1 Å². The second-order valence-electron chi connectivity index (χ2n) is 4.48. The van der Waals surface area contributed by atoms with E-state index >= 15 is 0 Å². The highest BCUT2D eigenvalue weighted by molar-refractivity contribution is 5.39. The van der Waals surface area contributed by atoms with Crippen molar-refractivity contribution in [1.29, 1.82) is 5.26 Å². The van der Waals surface area contributed by atoms with E-state index in [2.05, 4.69) is 4.98 Å². The minimum atomic E-state index is -4.54. The highest BCUT2D eigenvalue weighted by Gasteiger charge is 2.33. The largest absolute Gasteiger partial charge is 0.473 e. The Kier molecular flexibility index (Phi) is 5.81.